The molecule has 16 heavy (non-hydrogen) atoms. The molecule has 0 aromatic heterocycles. The average Bonchev–Trinajstić information content (AvgIpc) is 2.31. The van der Waals surface area contributed by atoms with E-state index in [1.54, 1.807) is 0 Å². The van der Waals surface area contributed by atoms with Gasteiger partial charge in [-0.2, -0.15) is 0 Å². The van der Waals surface area contributed by atoms with E-state index in [1.807, 2.05) is 12.1 Å². The molecule has 0 atom stereocenters. The molecule has 1 aromatic carbocycles. The summed E-state index contributed by atoms with van der Waals surface area (Å²) < 4.78 is 0. The first kappa shape index (κ1) is 12.6. The van der Waals surface area contributed by atoms with Crippen molar-refractivity contribution in [2.75, 3.05) is 0 Å². The number of nitrogens with two attached hydrogens (primary N) is 1. The highest BCUT2D eigenvalue weighted by atomic mass is 16.4. The van der Waals surface area contributed by atoms with E-state index in [0.29, 0.717) is 6.42 Å². The lowest BCUT2D eigenvalue weighted by Crippen LogP contribution is -2.14. The zero-order chi connectivity index (χ0) is 11.8. The summed E-state index contributed by atoms with van der Waals surface area (Å²) in [7, 11) is 0. The van der Waals surface area contributed by atoms with E-state index in [-0.39, 0.29) is 5.84 Å². The third-order valence-electron chi connectivity index (χ3n) is 2.61. The Morgan fingerprint density at radius 3 is 2.38 bits per heavy atom. The van der Waals surface area contributed by atoms with Crippen molar-refractivity contribution in [2.24, 2.45) is 10.9 Å². The Kier molecular flexibility index (Phi) is 5.40. The molecule has 3 nitrogen and oxygen atoms in total. The minimum atomic E-state index is 0.249. The molecule has 0 bridgehead atoms. The third kappa shape index (κ3) is 4.34. The van der Waals surface area contributed by atoms with Crippen LogP contribution in [0, 0.1) is 0 Å². The van der Waals surface area contributed by atoms with Gasteiger partial charge in [-0.05, 0) is 24.0 Å². The maximum atomic E-state index is 8.46. The van der Waals surface area contributed by atoms with Gasteiger partial charge in [-0.15, -0.1) is 0 Å². The van der Waals surface area contributed by atoms with Crippen LogP contribution in [0.3, 0.4) is 0 Å². The number of hydrogen-bond donors (Lipinski definition) is 2. The topological polar surface area (TPSA) is 58.6 Å². The number of oxime groups is 1. The van der Waals surface area contributed by atoms with E-state index in [1.165, 1.54) is 24.8 Å². The second-order valence-corrected chi connectivity index (χ2v) is 4.04. The van der Waals surface area contributed by atoms with Crippen molar-refractivity contribution in [2.45, 2.75) is 39.0 Å². The molecule has 0 unspecified atom stereocenters. The lowest BCUT2D eigenvalue weighted by atomic mass is 10.0. The molecule has 0 spiro atoms. The summed E-state index contributed by atoms with van der Waals surface area (Å²) in [6.07, 6.45) is 5.42. The molecule has 0 radical (unpaired) electrons. The minimum Gasteiger partial charge on any atom is -0.409 e. The quantitative estimate of drug-likeness (QED) is 0.254. The van der Waals surface area contributed by atoms with Gasteiger partial charge < -0.3 is 10.9 Å². The standard InChI is InChI=1S/C13H20N2O/c1-2-3-4-5-11-6-8-12(9-7-11)10-13(14)15-16/h6-9,16H,2-5,10H2,1H3,(H2,14,15). The van der Waals surface area contributed by atoms with Crippen LogP contribution in [0.15, 0.2) is 29.4 Å². The summed E-state index contributed by atoms with van der Waals surface area (Å²) in [5.74, 6) is 0.249. The van der Waals surface area contributed by atoms with Crippen molar-refractivity contribution in [3.05, 3.63) is 35.4 Å². The van der Waals surface area contributed by atoms with Crippen LogP contribution in [0.5, 0.6) is 0 Å². The summed E-state index contributed by atoms with van der Waals surface area (Å²) in [4.78, 5) is 0. The Bertz CT molecular complexity index is 330. The fourth-order valence-electron chi connectivity index (χ4n) is 1.65. The summed E-state index contributed by atoms with van der Waals surface area (Å²) in [5, 5.41) is 11.4. The minimum absolute atomic E-state index is 0.249. The van der Waals surface area contributed by atoms with Crippen LogP contribution in [-0.2, 0) is 12.8 Å². The predicted molar refractivity (Wildman–Crippen MR) is 66.8 cm³/mol. The lowest BCUT2D eigenvalue weighted by molar-refractivity contribution is 0.317. The van der Waals surface area contributed by atoms with E-state index in [4.69, 9.17) is 10.9 Å². The van der Waals surface area contributed by atoms with Gasteiger partial charge in [0.2, 0.25) is 0 Å². The largest absolute Gasteiger partial charge is 0.409 e. The molecule has 0 saturated carbocycles. The number of hydrogen-bond acceptors (Lipinski definition) is 2. The van der Waals surface area contributed by atoms with Gasteiger partial charge in [-0.3, -0.25) is 0 Å². The summed E-state index contributed by atoms with van der Waals surface area (Å²) in [5.41, 5.74) is 7.88. The maximum absolute atomic E-state index is 8.46. The second kappa shape index (κ2) is 6.88. The lowest BCUT2D eigenvalue weighted by Gasteiger charge is -2.03. The van der Waals surface area contributed by atoms with Gasteiger partial charge in [0.25, 0.3) is 0 Å². The number of amidine groups is 1. The maximum Gasteiger partial charge on any atom is 0.143 e. The summed E-state index contributed by atoms with van der Waals surface area (Å²) in [6.45, 7) is 2.21. The Labute approximate surface area is 97.0 Å². The molecule has 0 saturated heterocycles. The number of aryl methyl sites for hydroxylation is 1. The van der Waals surface area contributed by atoms with Crippen LogP contribution in [0.4, 0.5) is 0 Å². The zero-order valence-electron chi connectivity index (χ0n) is 9.82. The number of nitrogens with zero attached hydrogens (tertiary/aromatic N) is 1. The molecule has 0 heterocycles. The van der Waals surface area contributed by atoms with Crippen LogP contribution < -0.4 is 5.73 Å². The molecular weight excluding hydrogens is 200 g/mol. The first-order valence-electron chi connectivity index (χ1n) is 5.80. The molecule has 3 N–H and O–H groups in total. The highest BCUT2D eigenvalue weighted by Gasteiger charge is 1.98. The molecule has 0 fully saturated rings. The van der Waals surface area contributed by atoms with Crippen molar-refractivity contribution in [1.82, 2.24) is 0 Å². The molecular formula is C13H20N2O. The van der Waals surface area contributed by atoms with Crippen LogP contribution in [0.1, 0.15) is 37.3 Å². The van der Waals surface area contributed by atoms with Crippen molar-refractivity contribution >= 4 is 5.84 Å². The Morgan fingerprint density at radius 1 is 1.19 bits per heavy atom. The van der Waals surface area contributed by atoms with Crippen molar-refractivity contribution < 1.29 is 5.21 Å². The Hall–Kier alpha value is -1.51. The van der Waals surface area contributed by atoms with Crippen LogP contribution in [0.2, 0.25) is 0 Å². The zero-order valence-corrected chi connectivity index (χ0v) is 9.82. The van der Waals surface area contributed by atoms with E-state index in [2.05, 4.69) is 24.2 Å². The second-order valence-electron chi connectivity index (χ2n) is 4.04. The smallest absolute Gasteiger partial charge is 0.143 e. The average molecular weight is 220 g/mol. The van der Waals surface area contributed by atoms with Gasteiger partial charge in [0.1, 0.15) is 5.84 Å². The SMILES string of the molecule is CCCCCc1ccc(C/C(N)=N/O)cc1. The van der Waals surface area contributed by atoms with Gasteiger partial charge in [-0.25, -0.2) is 0 Å². The molecule has 1 aromatic rings. The van der Waals surface area contributed by atoms with E-state index < -0.39 is 0 Å². The molecule has 3 heteroatoms. The normalized spacial score (nSPS) is 11.7. The van der Waals surface area contributed by atoms with Crippen molar-refractivity contribution in [3.8, 4) is 0 Å². The van der Waals surface area contributed by atoms with Crippen LogP contribution in [0.25, 0.3) is 0 Å². The molecule has 0 aliphatic heterocycles. The predicted octanol–water partition coefficient (Wildman–Crippen LogP) is 2.71. The molecule has 1 rings (SSSR count). The van der Waals surface area contributed by atoms with Gasteiger partial charge in [-0.1, -0.05) is 49.2 Å². The Morgan fingerprint density at radius 2 is 1.81 bits per heavy atom. The van der Waals surface area contributed by atoms with Crippen molar-refractivity contribution in [3.63, 3.8) is 0 Å². The van der Waals surface area contributed by atoms with Gasteiger partial charge in [0, 0.05) is 6.42 Å². The van der Waals surface area contributed by atoms with Crippen LogP contribution in [-0.4, -0.2) is 11.0 Å². The fraction of sp³-hybridized carbons (Fsp3) is 0.462. The monoisotopic (exact) mass is 220 g/mol. The van der Waals surface area contributed by atoms with E-state index in [9.17, 15) is 0 Å². The van der Waals surface area contributed by atoms with E-state index >= 15 is 0 Å². The van der Waals surface area contributed by atoms with Gasteiger partial charge in [0.15, 0.2) is 0 Å². The Balaban J connectivity index is 2.47. The highest BCUT2D eigenvalue weighted by molar-refractivity contribution is 5.81. The van der Waals surface area contributed by atoms with E-state index in [0.717, 1.165) is 12.0 Å². The first-order chi connectivity index (χ1) is 7.76. The van der Waals surface area contributed by atoms with Gasteiger partial charge >= 0.3 is 0 Å². The fourth-order valence-corrected chi connectivity index (χ4v) is 1.65. The summed E-state index contributed by atoms with van der Waals surface area (Å²) >= 11 is 0. The number of rotatable bonds is 6. The first-order valence-corrected chi connectivity index (χ1v) is 5.80. The third-order valence-corrected chi connectivity index (χ3v) is 2.61. The number of unbranched alkanes of at least 4 members (excludes halogenated alkanes) is 2. The van der Waals surface area contributed by atoms with Gasteiger partial charge in [0.05, 0.1) is 0 Å². The molecule has 0 aliphatic rings. The van der Waals surface area contributed by atoms with Crippen LogP contribution >= 0.6 is 0 Å². The van der Waals surface area contributed by atoms with Crippen molar-refractivity contribution in [1.29, 1.82) is 0 Å². The molecule has 0 amide bonds. The molecule has 0 aliphatic carbocycles. The summed E-state index contributed by atoms with van der Waals surface area (Å²) in [6, 6.07) is 8.32. The molecule has 88 valence electrons. The number of benzene rings is 1. The highest BCUT2D eigenvalue weighted by Crippen LogP contribution is 2.09.